The molecule has 5 heteroatoms. The van der Waals surface area contributed by atoms with Gasteiger partial charge in [-0.25, -0.2) is 0 Å². The molecule has 1 amide bonds. The molecule has 0 aromatic heterocycles. The van der Waals surface area contributed by atoms with Gasteiger partial charge in [-0.2, -0.15) is 0 Å². The Kier molecular flexibility index (Phi) is 6.18. The number of hydrogen-bond donors (Lipinski definition) is 1. The standard InChI is InChI=1S/C18H18ClNO3/c1-2-23-17(21)11-8-14-12-15(19)9-10-16(14)20-18(22)13-6-4-3-5-7-13/h3-7,9-10,12H,2,8,11H2,1H3,(H,20,22). The summed E-state index contributed by atoms with van der Waals surface area (Å²) >= 11 is 6.02. The second kappa shape index (κ2) is 8.34. The fourth-order valence-corrected chi connectivity index (χ4v) is 2.34. The number of carbonyl (C=O) groups is 2. The summed E-state index contributed by atoms with van der Waals surface area (Å²) in [6.07, 6.45) is 0.687. The Balaban J connectivity index is 2.12. The third-order valence-corrected chi connectivity index (χ3v) is 3.49. The van der Waals surface area contributed by atoms with Crippen molar-refractivity contribution in [2.45, 2.75) is 19.8 Å². The van der Waals surface area contributed by atoms with Crippen molar-refractivity contribution < 1.29 is 14.3 Å². The van der Waals surface area contributed by atoms with Gasteiger partial charge >= 0.3 is 5.97 Å². The summed E-state index contributed by atoms with van der Waals surface area (Å²) in [4.78, 5) is 23.8. The van der Waals surface area contributed by atoms with Crippen molar-refractivity contribution in [2.24, 2.45) is 0 Å². The van der Waals surface area contributed by atoms with Crippen LogP contribution in [0.1, 0.15) is 29.3 Å². The van der Waals surface area contributed by atoms with Crippen molar-refractivity contribution in [3.63, 3.8) is 0 Å². The molecule has 0 atom stereocenters. The topological polar surface area (TPSA) is 55.4 Å². The van der Waals surface area contributed by atoms with E-state index in [0.29, 0.717) is 29.3 Å². The Morgan fingerprint density at radius 2 is 1.87 bits per heavy atom. The van der Waals surface area contributed by atoms with E-state index in [0.717, 1.165) is 5.56 Å². The van der Waals surface area contributed by atoms with E-state index in [4.69, 9.17) is 16.3 Å². The van der Waals surface area contributed by atoms with Crippen LogP contribution >= 0.6 is 11.6 Å². The summed E-state index contributed by atoms with van der Waals surface area (Å²) in [6.45, 7) is 2.12. The Labute approximate surface area is 140 Å². The highest BCUT2D eigenvalue weighted by atomic mass is 35.5. The minimum absolute atomic E-state index is 0.203. The quantitative estimate of drug-likeness (QED) is 0.811. The van der Waals surface area contributed by atoms with Gasteiger partial charge in [0.15, 0.2) is 0 Å². The molecule has 2 rings (SSSR count). The molecule has 0 spiro atoms. The van der Waals surface area contributed by atoms with E-state index in [-0.39, 0.29) is 18.3 Å². The van der Waals surface area contributed by atoms with Crippen molar-refractivity contribution in [3.05, 3.63) is 64.7 Å². The molecule has 0 unspecified atom stereocenters. The van der Waals surface area contributed by atoms with Gasteiger partial charge in [0.25, 0.3) is 5.91 Å². The Morgan fingerprint density at radius 1 is 1.13 bits per heavy atom. The van der Waals surface area contributed by atoms with Gasteiger partial charge in [0.2, 0.25) is 0 Å². The monoisotopic (exact) mass is 331 g/mol. The lowest BCUT2D eigenvalue weighted by molar-refractivity contribution is -0.143. The van der Waals surface area contributed by atoms with Crippen LogP contribution in [0.25, 0.3) is 0 Å². The SMILES string of the molecule is CCOC(=O)CCc1cc(Cl)ccc1NC(=O)c1ccccc1. The molecule has 0 aliphatic heterocycles. The smallest absolute Gasteiger partial charge is 0.306 e. The summed E-state index contributed by atoms with van der Waals surface area (Å²) in [6, 6.07) is 14.1. The minimum atomic E-state index is -0.271. The predicted octanol–water partition coefficient (Wildman–Crippen LogP) is 4.09. The van der Waals surface area contributed by atoms with E-state index in [1.165, 1.54) is 0 Å². The number of carbonyl (C=O) groups excluding carboxylic acids is 2. The van der Waals surface area contributed by atoms with Crippen LogP contribution in [-0.4, -0.2) is 18.5 Å². The molecular weight excluding hydrogens is 314 g/mol. The lowest BCUT2D eigenvalue weighted by atomic mass is 10.1. The zero-order chi connectivity index (χ0) is 16.7. The molecule has 0 saturated carbocycles. The van der Waals surface area contributed by atoms with E-state index in [1.807, 2.05) is 6.07 Å². The number of amides is 1. The maximum absolute atomic E-state index is 12.3. The maximum Gasteiger partial charge on any atom is 0.306 e. The zero-order valence-corrected chi connectivity index (χ0v) is 13.6. The summed E-state index contributed by atoms with van der Waals surface area (Å²) in [5.41, 5.74) is 2.01. The number of hydrogen-bond acceptors (Lipinski definition) is 3. The molecule has 2 aromatic rings. The van der Waals surface area contributed by atoms with Gasteiger partial charge in [-0.05, 0) is 49.2 Å². The number of halogens is 1. The number of nitrogens with one attached hydrogen (secondary N) is 1. The van der Waals surface area contributed by atoms with Crippen molar-refractivity contribution in [1.29, 1.82) is 0 Å². The first-order chi connectivity index (χ1) is 11.1. The molecule has 0 heterocycles. The van der Waals surface area contributed by atoms with Gasteiger partial charge in [-0.3, -0.25) is 9.59 Å². The molecule has 120 valence electrons. The van der Waals surface area contributed by atoms with Crippen LogP contribution in [0.15, 0.2) is 48.5 Å². The lowest BCUT2D eigenvalue weighted by Crippen LogP contribution is -2.14. The van der Waals surface area contributed by atoms with Gasteiger partial charge in [-0.15, -0.1) is 0 Å². The largest absolute Gasteiger partial charge is 0.466 e. The van der Waals surface area contributed by atoms with E-state index in [2.05, 4.69) is 5.32 Å². The number of benzene rings is 2. The normalized spacial score (nSPS) is 10.2. The van der Waals surface area contributed by atoms with Crippen molar-refractivity contribution in [2.75, 3.05) is 11.9 Å². The minimum Gasteiger partial charge on any atom is -0.466 e. The molecule has 0 saturated heterocycles. The fourth-order valence-electron chi connectivity index (χ4n) is 2.14. The highest BCUT2D eigenvalue weighted by molar-refractivity contribution is 6.30. The highest BCUT2D eigenvalue weighted by Crippen LogP contribution is 2.23. The molecule has 4 nitrogen and oxygen atoms in total. The second-order valence-corrected chi connectivity index (χ2v) is 5.36. The molecule has 2 aromatic carbocycles. The third-order valence-electron chi connectivity index (χ3n) is 3.26. The molecule has 1 N–H and O–H groups in total. The number of esters is 1. The summed E-state index contributed by atoms with van der Waals surface area (Å²) in [5, 5.41) is 3.42. The molecule has 23 heavy (non-hydrogen) atoms. The Morgan fingerprint density at radius 3 is 2.57 bits per heavy atom. The average Bonchev–Trinajstić information content (AvgIpc) is 2.56. The van der Waals surface area contributed by atoms with E-state index < -0.39 is 0 Å². The van der Waals surface area contributed by atoms with Crippen LogP contribution in [0.3, 0.4) is 0 Å². The van der Waals surface area contributed by atoms with Gasteiger partial charge < -0.3 is 10.1 Å². The molecule has 0 fully saturated rings. The maximum atomic E-state index is 12.3. The van der Waals surface area contributed by atoms with Gasteiger partial charge in [0, 0.05) is 22.7 Å². The van der Waals surface area contributed by atoms with Crippen LogP contribution in [0.4, 0.5) is 5.69 Å². The summed E-state index contributed by atoms with van der Waals surface area (Å²) < 4.78 is 4.92. The molecular formula is C18H18ClNO3. The number of rotatable bonds is 6. The first kappa shape index (κ1) is 17.0. The second-order valence-electron chi connectivity index (χ2n) is 4.93. The average molecular weight is 332 g/mol. The number of aryl methyl sites for hydroxylation is 1. The van der Waals surface area contributed by atoms with E-state index in [1.54, 1.807) is 49.4 Å². The molecule has 0 bridgehead atoms. The molecule has 0 aliphatic carbocycles. The van der Waals surface area contributed by atoms with Gasteiger partial charge in [-0.1, -0.05) is 29.8 Å². The van der Waals surface area contributed by atoms with Crippen molar-refractivity contribution >= 4 is 29.2 Å². The number of ether oxygens (including phenoxy) is 1. The van der Waals surface area contributed by atoms with Crippen LogP contribution < -0.4 is 5.32 Å². The molecule has 0 radical (unpaired) electrons. The number of anilines is 1. The van der Waals surface area contributed by atoms with Crippen LogP contribution in [0.5, 0.6) is 0 Å². The zero-order valence-electron chi connectivity index (χ0n) is 12.8. The lowest BCUT2D eigenvalue weighted by Gasteiger charge is -2.12. The van der Waals surface area contributed by atoms with Crippen LogP contribution in [-0.2, 0) is 16.0 Å². The van der Waals surface area contributed by atoms with Gasteiger partial charge in [0.1, 0.15) is 0 Å². The van der Waals surface area contributed by atoms with Gasteiger partial charge in [0.05, 0.1) is 6.61 Å². The van der Waals surface area contributed by atoms with Crippen LogP contribution in [0, 0.1) is 0 Å². The first-order valence-corrected chi connectivity index (χ1v) is 7.78. The fraction of sp³-hybridized carbons (Fsp3) is 0.222. The van der Waals surface area contributed by atoms with E-state index in [9.17, 15) is 9.59 Å². The van der Waals surface area contributed by atoms with E-state index >= 15 is 0 Å². The summed E-state index contributed by atoms with van der Waals surface area (Å²) in [7, 11) is 0. The first-order valence-electron chi connectivity index (χ1n) is 7.40. The van der Waals surface area contributed by atoms with Crippen molar-refractivity contribution in [3.8, 4) is 0 Å². The van der Waals surface area contributed by atoms with Crippen LogP contribution in [0.2, 0.25) is 5.02 Å². The van der Waals surface area contributed by atoms with Crippen molar-refractivity contribution in [1.82, 2.24) is 0 Å². The molecule has 0 aliphatic rings. The predicted molar refractivity (Wildman–Crippen MR) is 90.8 cm³/mol. The Bertz CT molecular complexity index is 686. The highest BCUT2D eigenvalue weighted by Gasteiger charge is 2.11. The third kappa shape index (κ3) is 5.11. The Hall–Kier alpha value is -2.33. The summed E-state index contributed by atoms with van der Waals surface area (Å²) in [5.74, 6) is -0.474.